The third-order valence-electron chi connectivity index (χ3n) is 7.12. The third-order valence-corrected chi connectivity index (χ3v) is 7.12. The zero-order chi connectivity index (χ0) is 27.0. The Morgan fingerprint density at radius 2 is 1.50 bits per heavy atom. The number of carbonyl (C=O) groups is 2. The van der Waals surface area contributed by atoms with E-state index in [1.165, 1.54) is 12.0 Å². The second kappa shape index (κ2) is 12.8. The fourth-order valence-corrected chi connectivity index (χ4v) is 4.84. The topological polar surface area (TPSA) is 58.2 Å². The van der Waals surface area contributed by atoms with Gasteiger partial charge >= 0.3 is 6.18 Å². The first-order chi connectivity index (χ1) is 18.3. The number of halogens is 3. The molecule has 1 aliphatic carbocycles. The Morgan fingerprint density at radius 1 is 0.842 bits per heavy atom. The lowest BCUT2D eigenvalue weighted by Gasteiger charge is -2.19. The fraction of sp³-hybridized carbons (Fsp3) is 0.355. The zero-order valence-corrected chi connectivity index (χ0v) is 21.2. The molecular weight excluding hydrogens is 489 g/mol. The molecule has 200 valence electrons. The molecule has 2 amide bonds. The second-order valence-electron chi connectivity index (χ2n) is 9.96. The van der Waals surface area contributed by atoms with Crippen molar-refractivity contribution in [2.75, 3.05) is 0 Å². The highest BCUT2D eigenvalue weighted by atomic mass is 19.4. The molecule has 7 heteroatoms. The molecule has 2 N–H and O–H groups in total. The number of hydrogen-bond donors (Lipinski definition) is 2. The van der Waals surface area contributed by atoms with E-state index in [0.29, 0.717) is 24.8 Å². The van der Waals surface area contributed by atoms with Crippen LogP contribution in [0.2, 0.25) is 0 Å². The van der Waals surface area contributed by atoms with Gasteiger partial charge in [0.25, 0.3) is 5.91 Å². The predicted octanol–water partition coefficient (Wildman–Crippen LogP) is 6.87. The maximum atomic E-state index is 13.0. The summed E-state index contributed by atoms with van der Waals surface area (Å²) in [6, 6.07) is 23.3. The van der Waals surface area contributed by atoms with Crippen LogP contribution in [0, 0.1) is 5.92 Å². The van der Waals surface area contributed by atoms with E-state index in [-0.39, 0.29) is 11.5 Å². The number of benzene rings is 3. The van der Waals surface area contributed by atoms with Crippen molar-refractivity contribution in [1.29, 1.82) is 0 Å². The van der Waals surface area contributed by atoms with Crippen LogP contribution in [0.3, 0.4) is 0 Å². The molecule has 4 rings (SSSR count). The average Bonchev–Trinajstić information content (AvgIpc) is 3.71. The van der Waals surface area contributed by atoms with E-state index in [1.54, 1.807) is 0 Å². The molecule has 2 unspecified atom stereocenters. The normalized spacial score (nSPS) is 17.4. The first-order valence-corrected chi connectivity index (χ1v) is 13.2. The highest BCUT2D eigenvalue weighted by molar-refractivity contribution is 5.97. The van der Waals surface area contributed by atoms with Gasteiger partial charge in [-0.3, -0.25) is 9.59 Å². The summed E-state index contributed by atoms with van der Waals surface area (Å²) in [5.74, 6) is 0.486. The largest absolute Gasteiger partial charge is 0.416 e. The van der Waals surface area contributed by atoms with E-state index < -0.39 is 23.7 Å². The molecule has 0 aliphatic heterocycles. The number of unbranched alkanes of at least 4 members (excludes halogenated alkanes) is 2. The van der Waals surface area contributed by atoms with Gasteiger partial charge in [0.1, 0.15) is 6.04 Å². The lowest BCUT2D eigenvalue weighted by Crippen LogP contribution is -2.46. The number of carbonyl (C=O) groups excluding carboxylic acids is 2. The minimum absolute atomic E-state index is 0.0829. The summed E-state index contributed by atoms with van der Waals surface area (Å²) < 4.78 is 38.6. The Balaban J connectivity index is 1.28. The van der Waals surface area contributed by atoms with Crippen molar-refractivity contribution in [2.45, 2.75) is 63.2 Å². The van der Waals surface area contributed by atoms with E-state index in [9.17, 15) is 22.8 Å². The maximum Gasteiger partial charge on any atom is 0.416 e. The van der Waals surface area contributed by atoms with Gasteiger partial charge in [-0.25, -0.2) is 0 Å². The van der Waals surface area contributed by atoms with Gasteiger partial charge in [-0.2, -0.15) is 13.2 Å². The number of nitrogens with one attached hydrogen (secondary N) is 2. The molecule has 0 radical (unpaired) electrons. The van der Waals surface area contributed by atoms with Crippen molar-refractivity contribution in [2.24, 2.45) is 5.92 Å². The fourth-order valence-electron chi connectivity index (χ4n) is 4.84. The van der Waals surface area contributed by atoms with Gasteiger partial charge in [-0.15, -0.1) is 0 Å². The molecule has 3 aromatic rings. The number of amides is 2. The number of rotatable bonds is 12. The number of alkyl halides is 3. The Morgan fingerprint density at radius 3 is 2.16 bits per heavy atom. The quantitative estimate of drug-likeness (QED) is 0.255. The highest BCUT2D eigenvalue weighted by Gasteiger charge is 2.37. The lowest BCUT2D eigenvalue weighted by molar-refractivity contribution is -0.137. The average molecular weight is 523 g/mol. The lowest BCUT2D eigenvalue weighted by atomic mass is 10.0. The summed E-state index contributed by atoms with van der Waals surface area (Å²) in [5, 5.41) is 5.61. The van der Waals surface area contributed by atoms with Crippen molar-refractivity contribution in [3.05, 3.63) is 107 Å². The summed E-state index contributed by atoms with van der Waals surface area (Å²) in [5.41, 5.74) is 1.60. The summed E-state index contributed by atoms with van der Waals surface area (Å²) in [6.07, 6.45) is 1.10. The number of hydrogen-bond acceptors (Lipinski definition) is 2. The van der Waals surface area contributed by atoms with Crippen LogP contribution in [-0.2, 0) is 17.5 Å². The van der Waals surface area contributed by atoms with Gasteiger partial charge in [0.05, 0.1) is 5.56 Å². The zero-order valence-electron chi connectivity index (χ0n) is 21.2. The maximum absolute atomic E-state index is 13.0. The highest BCUT2D eigenvalue weighted by Crippen LogP contribution is 2.50. The Hall–Kier alpha value is -3.61. The summed E-state index contributed by atoms with van der Waals surface area (Å²) >= 11 is 0. The van der Waals surface area contributed by atoms with Crippen molar-refractivity contribution in [3.8, 4) is 0 Å². The SMILES string of the molecule is O=C(N[C@@H](CCCCCC1CC1c1ccccc1)C(=O)NCc1ccccc1)c1ccc(C(F)(F)F)cc1. The van der Waals surface area contributed by atoms with Crippen LogP contribution >= 0.6 is 0 Å². The third kappa shape index (κ3) is 7.94. The van der Waals surface area contributed by atoms with Crippen molar-refractivity contribution >= 4 is 11.8 Å². The smallest absolute Gasteiger partial charge is 0.350 e. The monoisotopic (exact) mass is 522 g/mol. The van der Waals surface area contributed by atoms with Gasteiger partial charge < -0.3 is 10.6 Å². The van der Waals surface area contributed by atoms with E-state index in [2.05, 4.69) is 34.9 Å². The van der Waals surface area contributed by atoms with Crippen LogP contribution in [0.5, 0.6) is 0 Å². The first kappa shape index (κ1) is 27.4. The minimum Gasteiger partial charge on any atom is -0.350 e. The van der Waals surface area contributed by atoms with Crippen LogP contribution in [0.4, 0.5) is 13.2 Å². The van der Waals surface area contributed by atoms with Gasteiger partial charge in [-0.1, -0.05) is 79.9 Å². The van der Waals surface area contributed by atoms with Gasteiger partial charge in [-0.05, 0) is 66.5 Å². The predicted molar refractivity (Wildman–Crippen MR) is 141 cm³/mol. The molecule has 0 bridgehead atoms. The summed E-state index contributed by atoms with van der Waals surface area (Å²) in [6.45, 7) is 0.328. The van der Waals surface area contributed by atoms with Crippen molar-refractivity contribution < 1.29 is 22.8 Å². The van der Waals surface area contributed by atoms with Gasteiger partial charge in [0.15, 0.2) is 0 Å². The van der Waals surface area contributed by atoms with Crippen LogP contribution in [0.25, 0.3) is 0 Å². The molecular formula is C31H33F3N2O2. The molecule has 0 spiro atoms. The summed E-state index contributed by atoms with van der Waals surface area (Å²) in [4.78, 5) is 25.8. The van der Waals surface area contributed by atoms with Gasteiger partial charge in [0, 0.05) is 12.1 Å². The van der Waals surface area contributed by atoms with Crippen LogP contribution in [-0.4, -0.2) is 17.9 Å². The van der Waals surface area contributed by atoms with E-state index in [0.717, 1.165) is 55.5 Å². The standard InChI is InChI=1S/C31H33F3N2O2/c32-31(33,34)26-18-16-24(17-19-26)29(37)36-28(30(38)35-21-22-10-4-1-5-11-22)15-9-3-8-14-25-20-27(25)23-12-6-2-7-13-23/h1-2,4-7,10-13,16-19,25,27-28H,3,8-9,14-15,20-21H2,(H,35,38)(H,36,37)/t25?,27?,28-/m0/s1. The van der Waals surface area contributed by atoms with Crippen LogP contribution < -0.4 is 10.6 Å². The molecule has 0 aromatic heterocycles. The Kier molecular flexibility index (Phi) is 9.21. The van der Waals surface area contributed by atoms with E-state index in [4.69, 9.17) is 0 Å². The molecule has 0 heterocycles. The molecule has 4 nitrogen and oxygen atoms in total. The van der Waals surface area contributed by atoms with Crippen LogP contribution in [0.15, 0.2) is 84.9 Å². The molecule has 3 atom stereocenters. The Bertz CT molecular complexity index is 1180. The second-order valence-corrected chi connectivity index (χ2v) is 9.96. The molecule has 1 fully saturated rings. The molecule has 1 saturated carbocycles. The first-order valence-electron chi connectivity index (χ1n) is 13.2. The minimum atomic E-state index is -4.48. The molecule has 0 saturated heterocycles. The van der Waals surface area contributed by atoms with E-state index >= 15 is 0 Å². The van der Waals surface area contributed by atoms with Gasteiger partial charge in [0.2, 0.25) is 5.91 Å². The van der Waals surface area contributed by atoms with Crippen molar-refractivity contribution in [3.63, 3.8) is 0 Å². The molecule has 1 aliphatic rings. The van der Waals surface area contributed by atoms with Crippen LogP contribution in [0.1, 0.15) is 71.5 Å². The Labute approximate surface area is 221 Å². The van der Waals surface area contributed by atoms with Crippen molar-refractivity contribution in [1.82, 2.24) is 10.6 Å². The molecule has 38 heavy (non-hydrogen) atoms. The molecule has 3 aromatic carbocycles. The van der Waals surface area contributed by atoms with E-state index in [1.807, 2.05) is 36.4 Å². The summed E-state index contributed by atoms with van der Waals surface area (Å²) in [7, 11) is 0.